The molecule has 2 aromatic rings. The van der Waals surface area contributed by atoms with Gasteiger partial charge in [-0.1, -0.05) is 35.9 Å². The van der Waals surface area contributed by atoms with Crippen LogP contribution in [0.4, 0.5) is 0 Å². The zero-order valence-corrected chi connectivity index (χ0v) is 20.4. The molecule has 5 atom stereocenters. The Morgan fingerprint density at radius 1 is 1.09 bits per heavy atom. The quantitative estimate of drug-likeness (QED) is 0.653. The lowest BCUT2D eigenvalue weighted by Gasteiger charge is -2.29. The van der Waals surface area contributed by atoms with Gasteiger partial charge in [-0.25, -0.2) is 0 Å². The molecule has 2 saturated heterocycles. The summed E-state index contributed by atoms with van der Waals surface area (Å²) in [6, 6.07) is 12.9. The first-order chi connectivity index (χ1) is 15.7. The van der Waals surface area contributed by atoms with E-state index in [4.69, 9.17) is 14.2 Å². The summed E-state index contributed by atoms with van der Waals surface area (Å²) < 4.78 is 17.4. The minimum Gasteiger partial charge on any atom is -0.387 e. The van der Waals surface area contributed by atoms with Crippen LogP contribution in [0.25, 0.3) is 10.4 Å². The molecule has 0 amide bonds. The van der Waals surface area contributed by atoms with Crippen molar-refractivity contribution in [3.05, 3.63) is 69.6 Å². The highest BCUT2D eigenvalue weighted by molar-refractivity contribution is 7.15. The van der Waals surface area contributed by atoms with Gasteiger partial charge in [-0.05, 0) is 74.9 Å². The summed E-state index contributed by atoms with van der Waals surface area (Å²) in [7, 11) is 0. The molecule has 1 aliphatic carbocycles. The third kappa shape index (κ3) is 4.48. The van der Waals surface area contributed by atoms with Crippen molar-refractivity contribution in [2.75, 3.05) is 0 Å². The molecule has 6 heteroatoms. The van der Waals surface area contributed by atoms with Crippen LogP contribution in [-0.4, -0.2) is 46.7 Å². The smallest absolute Gasteiger partial charge is 0.190 e. The van der Waals surface area contributed by atoms with Crippen LogP contribution in [0.1, 0.15) is 44.1 Å². The lowest BCUT2D eigenvalue weighted by atomic mass is 9.86. The molecule has 5 rings (SSSR count). The molecule has 0 saturated carbocycles. The summed E-state index contributed by atoms with van der Waals surface area (Å²) >= 11 is 1.82. The minimum atomic E-state index is -0.933. The van der Waals surface area contributed by atoms with Crippen molar-refractivity contribution < 1.29 is 24.4 Å². The maximum atomic E-state index is 11.1. The van der Waals surface area contributed by atoms with Crippen molar-refractivity contribution in [2.24, 2.45) is 0 Å². The molecule has 2 N–H and O–H groups in total. The van der Waals surface area contributed by atoms with Crippen LogP contribution in [0.2, 0.25) is 0 Å². The molecule has 0 radical (unpaired) electrons. The zero-order chi connectivity index (χ0) is 23.3. The highest BCUT2D eigenvalue weighted by Gasteiger charge is 2.56. The SMILES string of the molecule is CC1=C(Cc2ccc(-c3ccccc3C)s2)C=C(C(O)[C@@H]2O[C@H]3OC(C)(C)O[C@H]3[C@@H]2O)CC1. The molecule has 33 heavy (non-hydrogen) atoms. The Kier molecular flexibility index (Phi) is 6.10. The van der Waals surface area contributed by atoms with E-state index in [0.717, 1.165) is 24.8 Å². The number of hydrogen-bond acceptors (Lipinski definition) is 6. The molecule has 1 unspecified atom stereocenters. The topological polar surface area (TPSA) is 68.2 Å². The van der Waals surface area contributed by atoms with Crippen molar-refractivity contribution >= 4 is 11.3 Å². The Morgan fingerprint density at radius 3 is 2.64 bits per heavy atom. The largest absolute Gasteiger partial charge is 0.387 e. The Morgan fingerprint density at radius 2 is 1.88 bits per heavy atom. The third-order valence-electron chi connectivity index (χ3n) is 6.88. The highest BCUT2D eigenvalue weighted by atomic mass is 32.1. The molecule has 0 bridgehead atoms. The average molecular weight is 469 g/mol. The van der Waals surface area contributed by atoms with Crippen LogP contribution in [-0.2, 0) is 20.6 Å². The molecule has 1 aromatic carbocycles. The molecular weight excluding hydrogens is 436 g/mol. The molecule has 176 valence electrons. The van der Waals surface area contributed by atoms with E-state index < -0.39 is 36.5 Å². The van der Waals surface area contributed by atoms with Crippen molar-refractivity contribution in [1.29, 1.82) is 0 Å². The van der Waals surface area contributed by atoms with Crippen molar-refractivity contribution in [3.8, 4) is 10.4 Å². The number of aryl methyl sites for hydroxylation is 1. The lowest BCUT2D eigenvalue weighted by molar-refractivity contribution is -0.223. The van der Waals surface area contributed by atoms with E-state index in [1.165, 1.54) is 32.0 Å². The van der Waals surface area contributed by atoms with Crippen LogP contribution >= 0.6 is 11.3 Å². The highest BCUT2D eigenvalue weighted by Crippen LogP contribution is 2.41. The number of ether oxygens (including phenoxy) is 3. The Bertz CT molecular complexity index is 1100. The van der Waals surface area contributed by atoms with Crippen molar-refractivity contribution in [3.63, 3.8) is 0 Å². The molecule has 3 aliphatic rings. The van der Waals surface area contributed by atoms with Gasteiger partial charge in [-0.15, -0.1) is 11.3 Å². The number of rotatable bonds is 5. The number of hydrogen-bond donors (Lipinski definition) is 2. The number of benzene rings is 1. The number of fused-ring (bicyclic) bond motifs is 1. The third-order valence-corrected chi connectivity index (χ3v) is 8.00. The fourth-order valence-corrected chi connectivity index (χ4v) is 6.11. The first-order valence-corrected chi connectivity index (χ1v) is 12.4. The second-order valence-electron chi connectivity index (χ2n) is 9.79. The normalized spacial score (nSPS) is 29.8. The maximum absolute atomic E-state index is 11.1. The standard InChI is InChI=1S/C27H32O5S/c1-15-9-10-17(22(28)24-23(29)25-26(30-24)32-27(3,4)31-25)13-18(15)14-19-11-12-21(33-19)20-8-6-5-7-16(20)2/h5-8,11-13,22-26,28-29H,9-10,14H2,1-4H3/t22?,23-,24+,25+,26+/m1/s1. The van der Waals surface area contributed by atoms with Gasteiger partial charge in [-0.2, -0.15) is 0 Å². The van der Waals surface area contributed by atoms with E-state index in [-0.39, 0.29) is 0 Å². The van der Waals surface area contributed by atoms with Gasteiger partial charge in [0, 0.05) is 16.2 Å². The van der Waals surface area contributed by atoms with Gasteiger partial charge in [0.25, 0.3) is 0 Å². The fourth-order valence-electron chi connectivity index (χ4n) is 4.99. The van der Waals surface area contributed by atoms with Gasteiger partial charge < -0.3 is 24.4 Å². The first kappa shape index (κ1) is 23.0. The van der Waals surface area contributed by atoms with Gasteiger partial charge >= 0.3 is 0 Å². The van der Waals surface area contributed by atoms with E-state index in [1.54, 1.807) is 13.8 Å². The van der Waals surface area contributed by atoms with E-state index in [1.807, 2.05) is 11.3 Å². The second kappa shape index (κ2) is 8.77. The Balaban J connectivity index is 1.31. The van der Waals surface area contributed by atoms with Gasteiger partial charge in [-0.3, -0.25) is 0 Å². The monoisotopic (exact) mass is 468 g/mol. The second-order valence-corrected chi connectivity index (χ2v) is 11.0. The summed E-state index contributed by atoms with van der Waals surface area (Å²) in [4.78, 5) is 2.57. The van der Waals surface area contributed by atoms with Crippen LogP contribution in [0.15, 0.2) is 59.2 Å². The molecular formula is C27H32O5S. The predicted molar refractivity (Wildman–Crippen MR) is 129 cm³/mol. The number of thiophene rings is 1. The number of allylic oxidation sites excluding steroid dienone is 3. The summed E-state index contributed by atoms with van der Waals surface area (Å²) in [5, 5.41) is 21.8. The van der Waals surface area contributed by atoms with Crippen LogP contribution < -0.4 is 0 Å². The zero-order valence-electron chi connectivity index (χ0n) is 19.6. The fraction of sp³-hybridized carbons (Fsp3) is 0.481. The molecule has 0 spiro atoms. The molecule has 1 aromatic heterocycles. The first-order valence-electron chi connectivity index (χ1n) is 11.6. The summed E-state index contributed by atoms with van der Waals surface area (Å²) in [6.45, 7) is 7.90. The average Bonchev–Trinajstić information content (AvgIpc) is 3.43. The molecule has 2 fully saturated rings. The number of aliphatic hydroxyl groups is 2. The summed E-state index contributed by atoms with van der Waals surface area (Å²) in [5.41, 5.74) is 6.03. The number of aliphatic hydroxyl groups excluding tert-OH is 2. The van der Waals surface area contributed by atoms with Crippen LogP contribution in [0.5, 0.6) is 0 Å². The van der Waals surface area contributed by atoms with Crippen LogP contribution in [0, 0.1) is 6.92 Å². The van der Waals surface area contributed by atoms with Gasteiger partial charge in [0.15, 0.2) is 12.1 Å². The molecule has 2 aliphatic heterocycles. The molecule has 3 heterocycles. The Labute approximate surface area is 199 Å². The summed E-state index contributed by atoms with van der Waals surface area (Å²) in [6.07, 6.45) is 0.774. The van der Waals surface area contributed by atoms with Crippen LogP contribution in [0.3, 0.4) is 0 Å². The summed E-state index contributed by atoms with van der Waals surface area (Å²) in [5.74, 6) is -0.790. The van der Waals surface area contributed by atoms with E-state index >= 15 is 0 Å². The lowest BCUT2D eigenvalue weighted by Crippen LogP contribution is -2.41. The molecule has 5 nitrogen and oxygen atoms in total. The van der Waals surface area contributed by atoms with E-state index in [9.17, 15) is 10.2 Å². The van der Waals surface area contributed by atoms with Gasteiger partial charge in [0.2, 0.25) is 0 Å². The predicted octanol–water partition coefficient (Wildman–Crippen LogP) is 4.90. The minimum absolute atomic E-state index is 0.577. The maximum Gasteiger partial charge on any atom is 0.190 e. The van der Waals surface area contributed by atoms with Gasteiger partial charge in [0.05, 0.1) is 0 Å². The van der Waals surface area contributed by atoms with Gasteiger partial charge in [0.1, 0.15) is 24.4 Å². The Hall–Kier alpha value is -1.80. The van der Waals surface area contributed by atoms with E-state index in [2.05, 4.69) is 56.3 Å². The van der Waals surface area contributed by atoms with Crippen molar-refractivity contribution in [2.45, 2.75) is 83.5 Å². The van der Waals surface area contributed by atoms with Crippen molar-refractivity contribution in [1.82, 2.24) is 0 Å². The van der Waals surface area contributed by atoms with E-state index in [0.29, 0.717) is 0 Å².